The van der Waals surface area contributed by atoms with Crippen molar-refractivity contribution in [2.24, 2.45) is 0 Å². The average molecular weight is 474 g/mol. The Labute approximate surface area is 172 Å². The summed E-state index contributed by atoms with van der Waals surface area (Å²) in [6.07, 6.45) is 3.63. The number of esters is 1. The summed E-state index contributed by atoms with van der Waals surface area (Å²) in [5.74, 6) is -0.437. The first-order chi connectivity index (χ1) is 12.5. The number of halogens is 2. The van der Waals surface area contributed by atoms with Crippen LogP contribution in [-0.4, -0.2) is 34.5 Å². The highest BCUT2D eigenvalue weighted by Crippen LogP contribution is 2.37. The quantitative estimate of drug-likeness (QED) is 0.426. The molecule has 0 bridgehead atoms. The summed E-state index contributed by atoms with van der Waals surface area (Å²) in [5.41, 5.74) is 0.811. The van der Waals surface area contributed by atoms with Crippen molar-refractivity contribution in [3.63, 3.8) is 0 Å². The number of carbonyl (C=O) groups is 1. The van der Waals surface area contributed by atoms with E-state index in [4.69, 9.17) is 28.6 Å². The summed E-state index contributed by atoms with van der Waals surface area (Å²) in [4.78, 5) is 12.1. The minimum absolute atomic E-state index is 0.396. The monoisotopic (exact) mass is 472 g/mol. The second-order valence-electron chi connectivity index (χ2n) is 5.25. The molecule has 6 nitrogen and oxygen atoms in total. The van der Waals surface area contributed by atoms with Gasteiger partial charge in [0.25, 0.3) is 0 Å². The molecule has 0 amide bonds. The summed E-state index contributed by atoms with van der Waals surface area (Å²) >= 11 is 16.2. The number of methoxy groups -OCH3 is 1. The maximum Gasteiger partial charge on any atom is 0.349 e. The van der Waals surface area contributed by atoms with Crippen LogP contribution in [0.3, 0.4) is 0 Å². The molecule has 3 aromatic rings. The number of aromatic nitrogens is 2. The van der Waals surface area contributed by atoms with Crippen molar-refractivity contribution in [3.05, 3.63) is 45.0 Å². The molecular formula is C16H14BrClN4O2S2. The van der Waals surface area contributed by atoms with Gasteiger partial charge in [-0.05, 0) is 46.3 Å². The van der Waals surface area contributed by atoms with Gasteiger partial charge in [0, 0.05) is 28.5 Å². The Morgan fingerprint density at radius 2 is 2.31 bits per heavy atom. The zero-order valence-corrected chi connectivity index (χ0v) is 17.6. The van der Waals surface area contributed by atoms with Crippen LogP contribution in [0.5, 0.6) is 0 Å². The molecule has 0 fully saturated rings. The van der Waals surface area contributed by atoms with Crippen LogP contribution < -0.4 is 10.6 Å². The first-order valence-corrected chi connectivity index (χ1v) is 9.90. The van der Waals surface area contributed by atoms with E-state index in [-0.39, 0.29) is 0 Å². The smallest absolute Gasteiger partial charge is 0.349 e. The maximum atomic E-state index is 11.8. The van der Waals surface area contributed by atoms with Crippen molar-refractivity contribution >= 4 is 77.9 Å². The summed E-state index contributed by atoms with van der Waals surface area (Å²) in [6.45, 7) is 1.33. The second-order valence-corrected chi connectivity index (χ2v) is 8.00. The molecule has 1 aromatic carbocycles. The molecule has 0 spiro atoms. The van der Waals surface area contributed by atoms with Crippen molar-refractivity contribution < 1.29 is 9.53 Å². The molecule has 0 radical (unpaired) electrons. The highest BCUT2D eigenvalue weighted by Gasteiger charge is 2.17. The van der Waals surface area contributed by atoms with Crippen LogP contribution in [0.15, 0.2) is 35.1 Å². The van der Waals surface area contributed by atoms with Gasteiger partial charge in [0.15, 0.2) is 5.11 Å². The van der Waals surface area contributed by atoms with E-state index in [1.165, 1.54) is 18.4 Å². The highest BCUT2D eigenvalue weighted by atomic mass is 79.9. The maximum absolute atomic E-state index is 11.8. The molecule has 0 unspecified atom stereocenters. The number of fused-ring (bicyclic) bond motifs is 1. The van der Waals surface area contributed by atoms with Crippen LogP contribution in [0.25, 0.3) is 10.1 Å². The lowest BCUT2D eigenvalue weighted by Crippen LogP contribution is -2.31. The topological polar surface area (TPSA) is 68.2 Å². The summed E-state index contributed by atoms with van der Waals surface area (Å²) in [6, 6.07) is 5.62. The fourth-order valence-electron chi connectivity index (χ4n) is 2.29. The van der Waals surface area contributed by atoms with E-state index in [2.05, 4.69) is 31.7 Å². The van der Waals surface area contributed by atoms with Gasteiger partial charge in [0.2, 0.25) is 0 Å². The van der Waals surface area contributed by atoms with E-state index < -0.39 is 5.97 Å². The Balaban J connectivity index is 1.62. The first kappa shape index (κ1) is 19.1. The number of thiophene rings is 1. The molecule has 0 atom stereocenters. The molecule has 2 heterocycles. The molecule has 136 valence electrons. The first-order valence-electron chi connectivity index (χ1n) is 7.51. The third kappa shape index (κ3) is 4.35. The average Bonchev–Trinajstić information content (AvgIpc) is 3.17. The fourth-order valence-corrected chi connectivity index (χ4v) is 4.30. The molecule has 0 aliphatic heterocycles. The van der Waals surface area contributed by atoms with Gasteiger partial charge in [0.1, 0.15) is 4.88 Å². The number of nitrogens with zero attached hydrogens (tertiary/aromatic N) is 2. The Morgan fingerprint density at radius 1 is 1.50 bits per heavy atom. The molecule has 10 heteroatoms. The van der Waals surface area contributed by atoms with Crippen molar-refractivity contribution in [1.82, 2.24) is 15.1 Å². The number of thiocarbonyl (C=S) groups is 1. The lowest BCUT2D eigenvalue weighted by molar-refractivity contribution is 0.0606. The zero-order chi connectivity index (χ0) is 18.7. The van der Waals surface area contributed by atoms with Crippen molar-refractivity contribution in [2.75, 3.05) is 19.0 Å². The third-order valence-corrected chi connectivity index (χ3v) is 5.78. The number of rotatable bonds is 5. The number of carbonyl (C=O) groups excluding carboxylic acids is 1. The van der Waals surface area contributed by atoms with Crippen molar-refractivity contribution in [2.45, 2.75) is 6.54 Å². The van der Waals surface area contributed by atoms with Crippen LogP contribution >= 0.6 is 51.1 Å². The molecule has 3 rings (SSSR count). The molecule has 2 aromatic heterocycles. The van der Waals surface area contributed by atoms with Gasteiger partial charge in [-0.1, -0.05) is 11.6 Å². The van der Waals surface area contributed by atoms with E-state index in [0.717, 1.165) is 20.2 Å². The van der Waals surface area contributed by atoms with Crippen LogP contribution in [0.2, 0.25) is 5.02 Å². The third-order valence-electron chi connectivity index (χ3n) is 3.49. The van der Waals surface area contributed by atoms with Gasteiger partial charge >= 0.3 is 5.97 Å². The Bertz CT molecular complexity index is 972. The molecule has 0 saturated heterocycles. The SMILES string of the molecule is COC(=O)c1sc2cc(NC(=S)NCCn3cc(Br)cn3)ccc2c1Cl. The molecule has 2 N–H and O–H groups in total. The normalized spacial score (nSPS) is 10.7. The minimum atomic E-state index is -0.437. The van der Waals surface area contributed by atoms with Crippen LogP contribution in [0.4, 0.5) is 5.69 Å². The molecule has 0 aliphatic rings. The molecule has 0 saturated carbocycles. The van der Waals surface area contributed by atoms with Gasteiger partial charge in [-0.3, -0.25) is 4.68 Å². The highest BCUT2D eigenvalue weighted by molar-refractivity contribution is 9.10. The number of hydrogen-bond acceptors (Lipinski definition) is 5. The summed E-state index contributed by atoms with van der Waals surface area (Å²) in [5, 5.41) is 12.2. The molecular weight excluding hydrogens is 460 g/mol. The molecule has 26 heavy (non-hydrogen) atoms. The standard InChI is InChI=1S/C16H14BrClN4O2S2/c1-24-15(23)14-13(18)11-3-2-10(6-12(11)26-14)21-16(25)19-4-5-22-8-9(17)7-20-22/h2-3,6-8H,4-5H2,1H3,(H2,19,21,25). The van der Waals surface area contributed by atoms with Crippen molar-refractivity contribution in [3.8, 4) is 0 Å². The van der Waals surface area contributed by atoms with E-state index in [1.54, 1.807) is 6.20 Å². The lowest BCUT2D eigenvalue weighted by Gasteiger charge is -2.10. The van der Waals surface area contributed by atoms with Gasteiger partial charge in [0.05, 0.1) is 29.3 Å². The number of nitrogens with one attached hydrogen (secondary N) is 2. The Hall–Kier alpha value is -1.68. The number of benzene rings is 1. The van der Waals surface area contributed by atoms with Crippen LogP contribution in [0, 0.1) is 0 Å². The van der Waals surface area contributed by atoms with Gasteiger partial charge in [-0.2, -0.15) is 5.10 Å². The fraction of sp³-hybridized carbons (Fsp3) is 0.188. The predicted octanol–water partition coefficient (Wildman–Crippen LogP) is 4.29. The van der Waals surface area contributed by atoms with Gasteiger partial charge in [-0.15, -0.1) is 11.3 Å². The van der Waals surface area contributed by atoms with Crippen molar-refractivity contribution in [1.29, 1.82) is 0 Å². The lowest BCUT2D eigenvalue weighted by atomic mass is 10.2. The van der Waals surface area contributed by atoms with E-state index in [9.17, 15) is 4.79 Å². The van der Waals surface area contributed by atoms with Crippen LogP contribution in [-0.2, 0) is 11.3 Å². The van der Waals surface area contributed by atoms with E-state index >= 15 is 0 Å². The van der Waals surface area contributed by atoms with Gasteiger partial charge < -0.3 is 15.4 Å². The number of ether oxygens (including phenoxy) is 1. The largest absolute Gasteiger partial charge is 0.465 e. The zero-order valence-electron chi connectivity index (χ0n) is 13.6. The summed E-state index contributed by atoms with van der Waals surface area (Å²) in [7, 11) is 1.34. The minimum Gasteiger partial charge on any atom is -0.465 e. The molecule has 0 aliphatic carbocycles. The summed E-state index contributed by atoms with van der Waals surface area (Å²) < 4.78 is 8.38. The Morgan fingerprint density at radius 3 is 3.00 bits per heavy atom. The number of hydrogen-bond donors (Lipinski definition) is 2. The van der Waals surface area contributed by atoms with Crippen LogP contribution in [0.1, 0.15) is 9.67 Å². The predicted molar refractivity (Wildman–Crippen MR) is 112 cm³/mol. The number of anilines is 1. The van der Waals surface area contributed by atoms with Gasteiger partial charge in [-0.25, -0.2) is 4.79 Å². The Kier molecular flexibility index (Phi) is 6.13. The van der Waals surface area contributed by atoms with E-state index in [0.29, 0.717) is 28.1 Å². The van der Waals surface area contributed by atoms with E-state index in [1.807, 2.05) is 29.1 Å². The second kappa shape index (κ2) is 8.34.